The van der Waals surface area contributed by atoms with E-state index in [-0.39, 0.29) is 11.3 Å². The molecular formula is C19H23NO4S. The van der Waals surface area contributed by atoms with Crippen LogP contribution in [0.2, 0.25) is 0 Å². The van der Waals surface area contributed by atoms with E-state index >= 15 is 0 Å². The van der Waals surface area contributed by atoms with Crippen molar-refractivity contribution in [2.75, 3.05) is 7.05 Å². The Bertz CT molecular complexity index is 873. The van der Waals surface area contributed by atoms with E-state index in [0.717, 1.165) is 26.6 Å². The Morgan fingerprint density at radius 3 is 2.12 bits per heavy atom. The zero-order chi connectivity index (χ0) is 18.8. The lowest BCUT2D eigenvalue weighted by Gasteiger charge is -2.25. The van der Waals surface area contributed by atoms with Gasteiger partial charge >= 0.3 is 5.97 Å². The van der Waals surface area contributed by atoms with E-state index in [4.69, 9.17) is 0 Å². The first-order valence-corrected chi connectivity index (χ1v) is 9.40. The first-order valence-electron chi connectivity index (χ1n) is 7.96. The number of likely N-dealkylation sites (N-methyl/N-ethyl adjacent to an activating group) is 1. The Kier molecular flexibility index (Phi) is 5.65. The Hall–Kier alpha value is -2.18. The molecule has 0 bridgehead atoms. The van der Waals surface area contributed by atoms with Crippen molar-refractivity contribution in [2.45, 2.75) is 38.1 Å². The second-order valence-electron chi connectivity index (χ2n) is 6.32. The van der Waals surface area contributed by atoms with Crippen molar-refractivity contribution in [3.05, 3.63) is 64.7 Å². The molecule has 1 atom stereocenters. The molecule has 0 spiro atoms. The fraction of sp³-hybridized carbons (Fsp3) is 0.316. The molecule has 1 N–H and O–H groups in total. The van der Waals surface area contributed by atoms with Crippen LogP contribution in [0.4, 0.5) is 0 Å². The van der Waals surface area contributed by atoms with Gasteiger partial charge in [-0.05, 0) is 50.5 Å². The summed E-state index contributed by atoms with van der Waals surface area (Å²) in [4.78, 5) is 11.8. The van der Waals surface area contributed by atoms with Crippen molar-refractivity contribution in [2.24, 2.45) is 0 Å². The molecule has 0 aliphatic rings. The summed E-state index contributed by atoms with van der Waals surface area (Å²) in [6.45, 7) is 5.72. The Morgan fingerprint density at radius 2 is 1.60 bits per heavy atom. The van der Waals surface area contributed by atoms with Crippen LogP contribution in [0.25, 0.3) is 0 Å². The highest BCUT2D eigenvalue weighted by Gasteiger charge is 2.33. The SMILES string of the molecule is Cc1ccc(S(=O)(=O)N(C)C(Cc2ccc(C)cc2C)C(=O)O)cc1. The van der Waals surface area contributed by atoms with Gasteiger partial charge in [-0.1, -0.05) is 41.5 Å². The lowest BCUT2D eigenvalue weighted by atomic mass is 9.99. The topological polar surface area (TPSA) is 74.7 Å². The minimum Gasteiger partial charge on any atom is -0.480 e. The third-order valence-corrected chi connectivity index (χ3v) is 6.21. The average Bonchev–Trinajstić information content (AvgIpc) is 2.53. The highest BCUT2D eigenvalue weighted by Crippen LogP contribution is 2.21. The lowest BCUT2D eigenvalue weighted by molar-refractivity contribution is -0.141. The molecule has 0 saturated carbocycles. The van der Waals surface area contributed by atoms with Crippen LogP contribution in [0.1, 0.15) is 22.3 Å². The van der Waals surface area contributed by atoms with Crippen molar-refractivity contribution in [3.63, 3.8) is 0 Å². The van der Waals surface area contributed by atoms with Gasteiger partial charge in [-0.15, -0.1) is 0 Å². The van der Waals surface area contributed by atoms with Gasteiger partial charge in [-0.3, -0.25) is 4.79 Å². The molecule has 0 radical (unpaired) electrons. The van der Waals surface area contributed by atoms with Gasteiger partial charge in [0.2, 0.25) is 10.0 Å². The predicted octanol–water partition coefficient (Wildman–Crippen LogP) is 2.93. The smallest absolute Gasteiger partial charge is 0.322 e. The molecule has 6 heteroatoms. The number of rotatable bonds is 6. The largest absolute Gasteiger partial charge is 0.480 e. The zero-order valence-electron chi connectivity index (χ0n) is 14.9. The molecule has 0 aliphatic carbocycles. The summed E-state index contributed by atoms with van der Waals surface area (Å²) in [5.41, 5.74) is 3.79. The third kappa shape index (κ3) is 4.27. The molecule has 5 nitrogen and oxygen atoms in total. The maximum absolute atomic E-state index is 12.8. The quantitative estimate of drug-likeness (QED) is 0.858. The minimum absolute atomic E-state index is 0.0903. The van der Waals surface area contributed by atoms with Crippen LogP contribution in [0.15, 0.2) is 47.4 Å². The number of hydrogen-bond donors (Lipinski definition) is 1. The Balaban J connectivity index is 2.35. The molecule has 2 aromatic carbocycles. The molecule has 2 rings (SSSR count). The van der Waals surface area contributed by atoms with E-state index in [1.165, 1.54) is 19.2 Å². The third-order valence-electron chi connectivity index (χ3n) is 4.33. The first kappa shape index (κ1) is 19.1. The molecule has 134 valence electrons. The van der Waals surface area contributed by atoms with E-state index in [9.17, 15) is 18.3 Å². The Morgan fingerprint density at radius 1 is 1.04 bits per heavy atom. The normalized spacial score (nSPS) is 13.0. The van der Waals surface area contributed by atoms with Gasteiger partial charge < -0.3 is 5.11 Å². The zero-order valence-corrected chi connectivity index (χ0v) is 15.7. The van der Waals surface area contributed by atoms with E-state index in [1.807, 2.05) is 39.0 Å². The number of carbonyl (C=O) groups is 1. The van der Waals surface area contributed by atoms with Crippen LogP contribution in [-0.4, -0.2) is 36.9 Å². The van der Waals surface area contributed by atoms with Crippen LogP contribution in [-0.2, 0) is 21.2 Å². The monoisotopic (exact) mass is 361 g/mol. The minimum atomic E-state index is -3.89. The first-order chi connectivity index (χ1) is 11.6. The molecule has 0 aliphatic heterocycles. The standard InChI is InChI=1S/C19H23NO4S/c1-13-6-9-17(10-7-13)25(23,24)20(4)18(19(21)22)12-16-8-5-14(2)11-15(16)3/h5-11,18H,12H2,1-4H3,(H,21,22). The van der Waals surface area contributed by atoms with Crippen molar-refractivity contribution < 1.29 is 18.3 Å². The average molecular weight is 361 g/mol. The number of carboxylic acid groups (broad SMARTS) is 1. The number of nitrogens with zero attached hydrogens (tertiary/aromatic N) is 1. The maximum atomic E-state index is 12.8. The van der Waals surface area contributed by atoms with Gasteiger partial charge in [0, 0.05) is 7.05 Å². The summed E-state index contributed by atoms with van der Waals surface area (Å²) in [5, 5.41) is 9.60. The number of carboxylic acids is 1. The molecule has 0 aromatic heterocycles. The van der Waals surface area contributed by atoms with Gasteiger partial charge in [0.1, 0.15) is 6.04 Å². The van der Waals surface area contributed by atoms with E-state index in [0.29, 0.717) is 0 Å². The van der Waals surface area contributed by atoms with Crippen molar-refractivity contribution >= 4 is 16.0 Å². The molecule has 1 unspecified atom stereocenters. The van der Waals surface area contributed by atoms with Crippen LogP contribution in [0.5, 0.6) is 0 Å². The highest BCUT2D eigenvalue weighted by molar-refractivity contribution is 7.89. The molecule has 25 heavy (non-hydrogen) atoms. The van der Waals surface area contributed by atoms with Gasteiger partial charge in [0.15, 0.2) is 0 Å². The van der Waals surface area contributed by atoms with Gasteiger partial charge in [0.25, 0.3) is 0 Å². The van der Waals surface area contributed by atoms with Crippen molar-refractivity contribution in [3.8, 4) is 0 Å². The highest BCUT2D eigenvalue weighted by atomic mass is 32.2. The number of aliphatic carboxylic acids is 1. The number of sulfonamides is 1. The van der Waals surface area contributed by atoms with Gasteiger partial charge in [-0.25, -0.2) is 8.42 Å². The van der Waals surface area contributed by atoms with Gasteiger partial charge in [0.05, 0.1) is 4.90 Å². The molecule has 0 saturated heterocycles. The summed E-state index contributed by atoms with van der Waals surface area (Å²) in [7, 11) is -2.57. The van der Waals surface area contributed by atoms with E-state index in [2.05, 4.69) is 0 Å². The van der Waals surface area contributed by atoms with Crippen LogP contribution >= 0.6 is 0 Å². The summed E-state index contributed by atoms with van der Waals surface area (Å²) >= 11 is 0. The second kappa shape index (κ2) is 7.37. The molecular weight excluding hydrogens is 338 g/mol. The Labute approximate surface area is 149 Å². The maximum Gasteiger partial charge on any atom is 0.322 e. The van der Waals surface area contributed by atoms with E-state index < -0.39 is 22.0 Å². The fourth-order valence-electron chi connectivity index (χ4n) is 2.70. The summed E-state index contributed by atoms with van der Waals surface area (Å²) < 4.78 is 26.5. The molecule has 2 aromatic rings. The van der Waals surface area contributed by atoms with Crippen LogP contribution < -0.4 is 0 Å². The number of benzene rings is 2. The number of aryl methyl sites for hydroxylation is 3. The van der Waals surface area contributed by atoms with E-state index in [1.54, 1.807) is 12.1 Å². The molecule has 0 heterocycles. The molecule has 0 amide bonds. The number of hydrogen-bond acceptors (Lipinski definition) is 3. The predicted molar refractivity (Wildman–Crippen MR) is 97.2 cm³/mol. The van der Waals surface area contributed by atoms with Crippen molar-refractivity contribution in [1.82, 2.24) is 4.31 Å². The fourth-order valence-corrected chi connectivity index (χ4v) is 4.01. The second-order valence-corrected chi connectivity index (χ2v) is 8.32. The van der Waals surface area contributed by atoms with Gasteiger partial charge in [-0.2, -0.15) is 4.31 Å². The van der Waals surface area contributed by atoms with Crippen LogP contribution in [0.3, 0.4) is 0 Å². The summed E-state index contributed by atoms with van der Waals surface area (Å²) in [5.74, 6) is -1.17. The van der Waals surface area contributed by atoms with Crippen molar-refractivity contribution in [1.29, 1.82) is 0 Å². The molecule has 0 fully saturated rings. The summed E-state index contributed by atoms with van der Waals surface area (Å²) in [6, 6.07) is 10.9. The van der Waals surface area contributed by atoms with Crippen LogP contribution in [0, 0.1) is 20.8 Å². The summed E-state index contributed by atoms with van der Waals surface area (Å²) in [6.07, 6.45) is 0.114. The lowest BCUT2D eigenvalue weighted by Crippen LogP contribution is -2.43.